The highest BCUT2D eigenvalue weighted by Crippen LogP contribution is 2.49. The molecule has 0 radical (unpaired) electrons. The van der Waals surface area contributed by atoms with Crippen LogP contribution in [0.2, 0.25) is 0 Å². The van der Waals surface area contributed by atoms with E-state index in [4.69, 9.17) is 5.73 Å². The molecule has 228 valence electrons. The Kier molecular flexibility index (Phi) is 10.0. The monoisotopic (exact) mass is 610 g/mol. The minimum Gasteiger partial charge on any atom is -0.348 e. The number of nitrogens with two attached hydrogens (primary N) is 1. The zero-order valence-corrected chi connectivity index (χ0v) is 25.0. The summed E-state index contributed by atoms with van der Waals surface area (Å²) in [4.78, 5) is 24.0. The van der Waals surface area contributed by atoms with Crippen LogP contribution in [0.4, 0.5) is 13.2 Å². The first-order valence-electron chi connectivity index (χ1n) is 14.5. The lowest BCUT2D eigenvalue weighted by Gasteiger charge is -2.51. The van der Waals surface area contributed by atoms with Gasteiger partial charge in [0.05, 0.1) is 23.4 Å². The summed E-state index contributed by atoms with van der Waals surface area (Å²) in [5, 5.41) is 0. The lowest BCUT2D eigenvalue weighted by molar-refractivity contribution is -0.187. The topological polar surface area (TPSA) is 75.0 Å². The van der Waals surface area contributed by atoms with E-state index in [0.717, 1.165) is 28.1 Å². The summed E-state index contributed by atoms with van der Waals surface area (Å²) in [5.41, 5.74) is 9.34. The van der Waals surface area contributed by atoms with E-state index in [1.165, 1.54) is 0 Å². The van der Waals surface area contributed by atoms with Gasteiger partial charge in [-0.2, -0.15) is 13.2 Å². The van der Waals surface area contributed by atoms with Crippen LogP contribution in [0.5, 0.6) is 0 Å². The van der Waals surface area contributed by atoms with Crippen molar-refractivity contribution in [3.05, 3.63) is 125 Å². The van der Waals surface area contributed by atoms with E-state index in [2.05, 4.69) is 9.97 Å². The number of nitrogens with one attached hydrogen (secondary N) is 1. The Morgan fingerprint density at radius 2 is 1.35 bits per heavy atom. The number of amides is 1. The van der Waals surface area contributed by atoms with Gasteiger partial charge in [0.1, 0.15) is 5.54 Å². The molecule has 0 bridgehead atoms. The highest BCUT2D eigenvalue weighted by molar-refractivity contribution is 5.91. The van der Waals surface area contributed by atoms with Crippen molar-refractivity contribution in [2.75, 3.05) is 13.1 Å². The van der Waals surface area contributed by atoms with Crippen molar-refractivity contribution in [3.8, 4) is 0 Å². The molecule has 1 aliphatic rings. The average Bonchev–Trinajstić information content (AvgIpc) is 3.42. The molecule has 1 atom stereocenters. The number of carbonyl (C=O) groups excluding carboxylic acids is 1. The van der Waals surface area contributed by atoms with Crippen molar-refractivity contribution >= 4 is 18.3 Å². The van der Waals surface area contributed by atoms with Gasteiger partial charge in [0.25, 0.3) is 0 Å². The Bertz CT molecular complexity index is 1360. The minimum absolute atomic E-state index is 0. The predicted octanol–water partition coefficient (Wildman–Crippen LogP) is 7.00. The zero-order chi connectivity index (χ0) is 29.8. The zero-order valence-electron chi connectivity index (χ0n) is 24.2. The van der Waals surface area contributed by atoms with Crippen LogP contribution in [0.15, 0.2) is 97.3 Å². The number of likely N-dealkylation sites (tertiary alicyclic amines) is 1. The van der Waals surface area contributed by atoms with Crippen molar-refractivity contribution < 1.29 is 18.0 Å². The molecule has 5 nitrogen and oxygen atoms in total. The molecule has 3 N–H and O–H groups in total. The smallest absolute Gasteiger partial charge is 0.348 e. The molecule has 4 aromatic rings. The second-order valence-corrected chi connectivity index (χ2v) is 11.3. The van der Waals surface area contributed by atoms with Crippen LogP contribution in [0.3, 0.4) is 0 Å². The van der Waals surface area contributed by atoms with Crippen LogP contribution in [-0.4, -0.2) is 45.6 Å². The summed E-state index contributed by atoms with van der Waals surface area (Å²) in [7, 11) is 0. The number of hydrogen-bond acceptors (Lipinski definition) is 3. The van der Waals surface area contributed by atoms with E-state index in [9.17, 15) is 18.0 Å². The molecule has 0 spiro atoms. The predicted molar refractivity (Wildman–Crippen MR) is 165 cm³/mol. The Morgan fingerprint density at radius 3 is 1.74 bits per heavy atom. The summed E-state index contributed by atoms with van der Waals surface area (Å²) in [6.07, 6.45) is -1.44. The number of aromatic amines is 1. The molecule has 2 heterocycles. The van der Waals surface area contributed by atoms with E-state index >= 15 is 0 Å². The summed E-state index contributed by atoms with van der Waals surface area (Å²) in [5.74, 6) is -1.75. The van der Waals surface area contributed by atoms with Gasteiger partial charge in [-0.25, -0.2) is 4.98 Å². The molecular weight excluding hydrogens is 573 g/mol. The van der Waals surface area contributed by atoms with Gasteiger partial charge < -0.3 is 15.6 Å². The number of H-pyrrole nitrogens is 1. The number of halogens is 4. The molecule has 1 aliphatic heterocycles. The molecule has 1 saturated heterocycles. The minimum atomic E-state index is -4.28. The maximum Gasteiger partial charge on any atom is 0.391 e. The third kappa shape index (κ3) is 6.22. The molecule has 0 saturated carbocycles. The van der Waals surface area contributed by atoms with Gasteiger partial charge in [-0.1, -0.05) is 91.0 Å². The summed E-state index contributed by atoms with van der Waals surface area (Å²) >= 11 is 0. The van der Waals surface area contributed by atoms with Crippen molar-refractivity contribution in [1.29, 1.82) is 0 Å². The van der Waals surface area contributed by atoms with Crippen LogP contribution in [0.1, 0.15) is 53.8 Å². The fourth-order valence-corrected chi connectivity index (χ4v) is 6.66. The van der Waals surface area contributed by atoms with Crippen LogP contribution in [0.25, 0.3) is 0 Å². The maximum atomic E-state index is 14.9. The van der Waals surface area contributed by atoms with Crippen LogP contribution in [-0.2, 0) is 16.6 Å². The number of piperidine rings is 1. The molecule has 1 fully saturated rings. The van der Waals surface area contributed by atoms with Gasteiger partial charge in [-0.15, -0.1) is 12.4 Å². The van der Waals surface area contributed by atoms with Crippen LogP contribution in [0, 0.1) is 12.8 Å². The standard InChI is InChI=1S/C34H37F3N4O.ClH/c1-25-30(40-24-39-25)18-11-21-32(38,31(42)41-22-19-29(20-23-41)34(35,36)37)33(26-12-5-2-6-13-26,27-14-7-3-8-15-27)28-16-9-4-10-17-28;/h2-10,12-17,24,29H,11,18-23,38H2,1H3,(H,39,40);1H. The molecule has 43 heavy (non-hydrogen) atoms. The summed E-state index contributed by atoms with van der Waals surface area (Å²) in [6.45, 7) is 1.97. The fraction of sp³-hybridized carbons (Fsp3) is 0.353. The molecule has 5 rings (SSSR count). The summed E-state index contributed by atoms with van der Waals surface area (Å²) in [6, 6.07) is 29.3. The van der Waals surface area contributed by atoms with E-state index in [0.29, 0.717) is 12.8 Å². The number of benzene rings is 3. The fourth-order valence-electron chi connectivity index (χ4n) is 6.66. The highest BCUT2D eigenvalue weighted by atomic mass is 35.5. The first-order valence-corrected chi connectivity index (χ1v) is 14.5. The van der Waals surface area contributed by atoms with Crippen molar-refractivity contribution in [2.24, 2.45) is 11.7 Å². The van der Waals surface area contributed by atoms with E-state index in [-0.39, 0.29) is 50.7 Å². The molecule has 1 unspecified atom stereocenters. The van der Waals surface area contributed by atoms with Gasteiger partial charge in [-0.05, 0) is 55.7 Å². The first kappa shape index (κ1) is 32.3. The molecule has 3 aromatic carbocycles. The van der Waals surface area contributed by atoms with Crippen molar-refractivity contribution in [1.82, 2.24) is 14.9 Å². The Morgan fingerprint density at radius 1 is 0.884 bits per heavy atom. The number of imidazole rings is 1. The normalized spacial score (nSPS) is 15.9. The molecule has 1 amide bonds. The van der Waals surface area contributed by atoms with Gasteiger partial charge in [0.15, 0.2) is 0 Å². The van der Waals surface area contributed by atoms with Gasteiger partial charge in [0, 0.05) is 18.8 Å². The quantitative estimate of drug-likeness (QED) is 0.201. The van der Waals surface area contributed by atoms with Crippen LogP contribution < -0.4 is 5.73 Å². The highest BCUT2D eigenvalue weighted by Gasteiger charge is 2.58. The largest absolute Gasteiger partial charge is 0.391 e. The third-order valence-corrected chi connectivity index (χ3v) is 8.84. The van der Waals surface area contributed by atoms with Gasteiger partial charge in [0.2, 0.25) is 5.91 Å². The molecule has 0 aliphatic carbocycles. The van der Waals surface area contributed by atoms with Gasteiger partial charge >= 0.3 is 6.18 Å². The second-order valence-electron chi connectivity index (χ2n) is 11.3. The number of carbonyl (C=O) groups is 1. The molecular formula is C34H38ClF3N4O. The number of alkyl halides is 3. The van der Waals surface area contributed by atoms with Crippen LogP contribution >= 0.6 is 12.4 Å². The van der Waals surface area contributed by atoms with E-state index in [1.54, 1.807) is 11.2 Å². The Balaban J connectivity index is 0.00000423. The summed E-state index contributed by atoms with van der Waals surface area (Å²) < 4.78 is 40.7. The SMILES string of the molecule is Cc1[nH]cnc1CCCC(N)(C(=O)N1CCC(C(F)(F)F)CC1)C(c1ccccc1)(c1ccccc1)c1ccccc1.Cl. The number of nitrogens with zero attached hydrogens (tertiary/aromatic N) is 2. The lowest BCUT2D eigenvalue weighted by Crippen LogP contribution is -2.68. The lowest BCUT2D eigenvalue weighted by atomic mass is 9.56. The Hall–Kier alpha value is -3.62. The Labute approximate surface area is 257 Å². The van der Waals surface area contributed by atoms with Crippen molar-refractivity contribution in [3.63, 3.8) is 0 Å². The van der Waals surface area contributed by atoms with Gasteiger partial charge in [-0.3, -0.25) is 4.79 Å². The molecule has 1 aromatic heterocycles. The van der Waals surface area contributed by atoms with E-state index < -0.39 is 23.0 Å². The first-order chi connectivity index (χ1) is 20.2. The average molecular weight is 611 g/mol. The number of aromatic nitrogens is 2. The maximum absolute atomic E-state index is 14.9. The number of hydrogen-bond donors (Lipinski definition) is 2. The van der Waals surface area contributed by atoms with E-state index in [1.807, 2.05) is 97.9 Å². The second kappa shape index (κ2) is 13.3. The van der Waals surface area contributed by atoms with Crippen molar-refractivity contribution in [2.45, 2.75) is 56.2 Å². The number of rotatable bonds is 9. The molecule has 9 heteroatoms. The third-order valence-electron chi connectivity index (χ3n) is 8.84. The number of aryl methyl sites for hydroxylation is 2.